The Balaban J connectivity index is 1.98. The quantitative estimate of drug-likeness (QED) is 0.614. The number of nitrogen functional groups attached to an aromatic ring is 1. The number of rotatable bonds is 2. The first kappa shape index (κ1) is 15.3. The predicted molar refractivity (Wildman–Crippen MR) is 98.9 cm³/mol. The van der Waals surface area contributed by atoms with Crippen LogP contribution in [0.2, 0.25) is 0 Å². The van der Waals surface area contributed by atoms with Crippen molar-refractivity contribution in [1.29, 1.82) is 0 Å². The minimum Gasteiger partial charge on any atom is -0.396 e. The number of fused-ring (bicyclic) bond motifs is 3. The van der Waals surface area contributed by atoms with Gasteiger partial charge in [0.05, 0.1) is 33.7 Å². The van der Waals surface area contributed by atoms with E-state index >= 15 is 0 Å². The summed E-state index contributed by atoms with van der Waals surface area (Å²) in [6, 6.07) is 10.9. The lowest BCUT2D eigenvalue weighted by molar-refractivity contribution is 0.600. The first-order valence-corrected chi connectivity index (χ1v) is 9.54. The topological polar surface area (TPSA) is 85.1 Å². The maximum absolute atomic E-state index is 12.2. The van der Waals surface area contributed by atoms with Gasteiger partial charge >= 0.3 is 0 Å². The van der Waals surface area contributed by atoms with E-state index in [-0.39, 0.29) is 5.75 Å². The number of aromatic nitrogens is 1. The fourth-order valence-electron chi connectivity index (χ4n) is 3.10. The summed E-state index contributed by atoms with van der Waals surface area (Å²) in [4.78, 5) is 5.56. The van der Waals surface area contributed by atoms with Gasteiger partial charge in [-0.15, -0.1) is 12.6 Å². The Hall–Kier alpha value is -2.25. The van der Waals surface area contributed by atoms with Crippen LogP contribution in [0, 0.1) is 0 Å². The average molecular weight is 357 g/mol. The molecule has 0 bridgehead atoms. The maximum atomic E-state index is 12.2. The minimum absolute atomic E-state index is 0.127. The third-order valence-electron chi connectivity index (χ3n) is 4.20. The second-order valence-corrected chi connectivity index (χ2v) is 8.36. The van der Waals surface area contributed by atoms with Crippen molar-refractivity contribution in [2.75, 3.05) is 16.8 Å². The highest BCUT2D eigenvalue weighted by atomic mass is 32.2. The molecule has 0 fully saturated rings. The Labute approximate surface area is 145 Å². The summed E-state index contributed by atoms with van der Waals surface area (Å²) in [6.45, 7) is 0. The molecule has 4 rings (SSSR count). The van der Waals surface area contributed by atoms with Crippen molar-refractivity contribution in [3.05, 3.63) is 48.2 Å². The molecule has 0 unspecified atom stereocenters. The molecule has 1 aromatic heterocycles. The smallest absolute Gasteiger partial charge is 0.179 e. The van der Waals surface area contributed by atoms with Crippen molar-refractivity contribution in [3.8, 4) is 0 Å². The molecule has 0 atom stereocenters. The van der Waals surface area contributed by atoms with E-state index in [2.05, 4.69) is 22.9 Å². The number of thiol groups is 1. The van der Waals surface area contributed by atoms with Gasteiger partial charge in [-0.25, -0.2) is 8.42 Å². The van der Waals surface area contributed by atoms with E-state index in [1.807, 2.05) is 24.3 Å². The van der Waals surface area contributed by atoms with Gasteiger partial charge in [-0.05, 0) is 42.3 Å². The van der Waals surface area contributed by atoms with Gasteiger partial charge in [-0.3, -0.25) is 4.98 Å². The molecule has 2 aromatic carbocycles. The lowest BCUT2D eigenvalue weighted by Crippen LogP contribution is -2.01. The Morgan fingerprint density at radius 1 is 1.21 bits per heavy atom. The number of hydrogen-bond acceptors (Lipinski definition) is 6. The van der Waals surface area contributed by atoms with Gasteiger partial charge in [0, 0.05) is 16.0 Å². The Morgan fingerprint density at radius 2 is 2.04 bits per heavy atom. The third kappa shape index (κ3) is 2.40. The zero-order valence-corrected chi connectivity index (χ0v) is 14.4. The lowest BCUT2D eigenvalue weighted by Gasteiger charge is -2.15. The highest BCUT2D eigenvalue weighted by Crippen LogP contribution is 2.39. The van der Waals surface area contributed by atoms with Crippen LogP contribution in [0.3, 0.4) is 0 Å². The first-order chi connectivity index (χ1) is 11.5. The summed E-state index contributed by atoms with van der Waals surface area (Å²) in [5, 5.41) is 4.08. The predicted octanol–water partition coefficient (Wildman–Crippen LogP) is 3.18. The molecule has 7 heteroatoms. The van der Waals surface area contributed by atoms with Crippen LogP contribution in [-0.4, -0.2) is 19.2 Å². The van der Waals surface area contributed by atoms with Crippen LogP contribution in [-0.2, 0) is 16.3 Å². The molecule has 122 valence electrons. The molecule has 0 saturated carbocycles. The number of anilines is 3. The fourth-order valence-corrected chi connectivity index (χ4v) is 4.87. The molecule has 0 aliphatic carbocycles. The van der Waals surface area contributed by atoms with E-state index in [4.69, 9.17) is 5.73 Å². The molecular weight excluding hydrogens is 342 g/mol. The van der Waals surface area contributed by atoms with Gasteiger partial charge in [0.15, 0.2) is 9.84 Å². The molecule has 3 aromatic rings. The lowest BCUT2D eigenvalue weighted by atomic mass is 10.0. The molecule has 0 radical (unpaired) electrons. The third-order valence-corrected chi connectivity index (χ3v) is 6.27. The van der Waals surface area contributed by atoms with Crippen LogP contribution in [0.1, 0.15) is 5.56 Å². The molecule has 24 heavy (non-hydrogen) atoms. The second kappa shape index (κ2) is 5.39. The van der Waals surface area contributed by atoms with Crippen LogP contribution < -0.4 is 11.1 Å². The molecule has 1 aliphatic rings. The van der Waals surface area contributed by atoms with Crippen LogP contribution >= 0.6 is 12.6 Å². The summed E-state index contributed by atoms with van der Waals surface area (Å²) in [7, 11) is -3.21. The summed E-state index contributed by atoms with van der Waals surface area (Å²) >= 11 is 4.34. The Bertz CT molecular complexity index is 1080. The number of benzene rings is 2. The maximum Gasteiger partial charge on any atom is 0.179 e. The molecule has 1 aliphatic heterocycles. The molecule has 3 N–H and O–H groups in total. The van der Waals surface area contributed by atoms with E-state index in [1.165, 1.54) is 0 Å². The van der Waals surface area contributed by atoms with Crippen molar-refractivity contribution in [3.63, 3.8) is 0 Å². The number of nitrogens with zero attached hydrogens (tertiary/aromatic N) is 1. The Kier molecular flexibility index (Phi) is 3.43. The van der Waals surface area contributed by atoms with Crippen LogP contribution in [0.25, 0.3) is 10.9 Å². The molecule has 5 nitrogen and oxygen atoms in total. The van der Waals surface area contributed by atoms with E-state index in [0.29, 0.717) is 22.7 Å². The zero-order valence-electron chi connectivity index (χ0n) is 12.7. The van der Waals surface area contributed by atoms with Gasteiger partial charge in [-0.1, -0.05) is 6.07 Å². The first-order valence-electron chi connectivity index (χ1n) is 7.44. The minimum atomic E-state index is -3.21. The Morgan fingerprint density at radius 3 is 2.83 bits per heavy atom. The van der Waals surface area contributed by atoms with Crippen molar-refractivity contribution in [2.24, 2.45) is 0 Å². The highest BCUT2D eigenvalue weighted by molar-refractivity contribution is 7.91. The van der Waals surface area contributed by atoms with Crippen LogP contribution in [0.5, 0.6) is 0 Å². The van der Waals surface area contributed by atoms with Crippen molar-refractivity contribution in [1.82, 2.24) is 4.98 Å². The summed E-state index contributed by atoms with van der Waals surface area (Å²) in [5.74, 6) is 0.127. The molecule has 2 heterocycles. The standard InChI is InChI=1S/C17H15N3O2S2/c18-13-9-19-14-4-5-15-12(6-7-24(15,21)22)16(14)17(13)20-10-2-1-3-11(23)8-10/h1-5,8-9,23H,6-7,18H2,(H,19,20). The largest absolute Gasteiger partial charge is 0.396 e. The summed E-state index contributed by atoms with van der Waals surface area (Å²) < 4.78 is 24.4. The number of sulfone groups is 1. The molecular formula is C17H15N3O2S2. The van der Waals surface area contributed by atoms with Gasteiger partial charge < -0.3 is 11.1 Å². The van der Waals surface area contributed by atoms with Crippen LogP contribution in [0.15, 0.2) is 52.4 Å². The SMILES string of the molecule is Nc1cnc2ccc3c(c2c1Nc1cccc(S)c1)CCS3(=O)=O. The van der Waals surface area contributed by atoms with Gasteiger partial charge in [0.25, 0.3) is 0 Å². The van der Waals surface area contributed by atoms with E-state index in [9.17, 15) is 8.42 Å². The van der Waals surface area contributed by atoms with E-state index in [0.717, 1.165) is 27.0 Å². The number of nitrogens with two attached hydrogens (primary N) is 1. The van der Waals surface area contributed by atoms with Gasteiger partial charge in [0.1, 0.15) is 0 Å². The average Bonchev–Trinajstić information content (AvgIpc) is 2.85. The van der Waals surface area contributed by atoms with E-state index < -0.39 is 9.84 Å². The molecule has 0 spiro atoms. The summed E-state index contributed by atoms with van der Waals surface area (Å²) in [5.41, 5.74) is 9.65. The number of aryl methyl sites for hydroxylation is 1. The normalized spacial score (nSPS) is 15.4. The number of pyridine rings is 1. The zero-order chi connectivity index (χ0) is 16.9. The van der Waals surface area contributed by atoms with Crippen molar-refractivity contribution in [2.45, 2.75) is 16.2 Å². The highest BCUT2D eigenvalue weighted by Gasteiger charge is 2.29. The molecule has 0 amide bonds. The molecule has 0 saturated heterocycles. The fraction of sp³-hybridized carbons (Fsp3) is 0.118. The second-order valence-electron chi connectivity index (χ2n) is 5.77. The van der Waals surface area contributed by atoms with Crippen molar-refractivity contribution < 1.29 is 8.42 Å². The van der Waals surface area contributed by atoms with Gasteiger partial charge in [0.2, 0.25) is 0 Å². The van der Waals surface area contributed by atoms with Crippen LogP contribution in [0.4, 0.5) is 17.1 Å². The van der Waals surface area contributed by atoms with Crippen molar-refractivity contribution >= 4 is 50.4 Å². The monoisotopic (exact) mass is 357 g/mol. The summed E-state index contributed by atoms with van der Waals surface area (Å²) in [6.07, 6.45) is 2.06. The number of nitrogens with one attached hydrogen (secondary N) is 1. The number of hydrogen-bond donors (Lipinski definition) is 3. The van der Waals surface area contributed by atoms with Gasteiger partial charge in [-0.2, -0.15) is 0 Å². The van der Waals surface area contributed by atoms with E-state index in [1.54, 1.807) is 18.3 Å².